The van der Waals surface area contributed by atoms with E-state index in [1.807, 2.05) is 97.1 Å². The summed E-state index contributed by atoms with van der Waals surface area (Å²) < 4.78 is 12.2. The van der Waals surface area contributed by atoms with Crippen LogP contribution in [0.1, 0.15) is 58.4 Å². The molecule has 0 unspecified atom stereocenters. The summed E-state index contributed by atoms with van der Waals surface area (Å²) in [5.74, 6) is 8.40. The van der Waals surface area contributed by atoms with Gasteiger partial charge < -0.3 is 9.47 Å². The molecule has 0 aromatic heterocycles. The van der Waals surface area contributed by atoms with Gasteiger partial charge in [-0.3, -0.25) is 0 Å². The van der Waals surface area contributed by atoms with E-state index in [1.54, 1.807) is 14.2 Å². The van der Waals surface area contributed by atoms with Gasteiger partial charge in [-0.15, -0.1) is 0 Å². The molecule has 0 aliphatic rings. The molecule has 6 aromatic rings. The Balaban J connectivity index is 1.56. The van der Waals surface area contributed by atoms with Gasteiger partial charge in [0.1, 0.15) is 11.5 Å². The van der Waals surface area contributed by atoms with Crippen molar-refractivity contribution >= 4 is 34.3 Å². The summed E-state index contributed by atoms with van der Waals surface area (Å²) >= 11 is 0. The minimum atomic E-state index is -0.436. The van der Waals surface area contributed by atoms with Crippen LogP contribution in [-0.2, 0) is 5.41 Å². The van der Waals surface area contributed by atoms with Gasteiger partial charge in [-0.2, -0.15) is 0 Å². The third-order valence-electron chi connectivity index (χ3n) is 9.17. The lowest BCUT2D eigenvalue weighted by molar-refractivity contribution is 0.409. The molecule has 4 heteroatoms. The highest BCUT2D eigenvalue weighted by Gasteiger charge is 2.29. The van der Waals surface area contributed by atoms with E-state index in [9.17, 15) is 0 Å². The van der Waals surface area contributed by atoms with Crippen LogP contribution >= 0.6 is 0 Å². The lowest BCUT2D eigenvalue weighted by Crippen LogP contribution is -2.20. The van der Waals surface area contributed by atoms with E-state index >= 15 is 0 Å². The molecule has 0 aliphatic heterocycles. The van der Waals surface area contributed by atoms with Gasteiger partial charge in [0, 0.05) is 16.5 Å². The quantitative estimate of drug-likeness (QED) is 0.137. The molecule has 252 valence electrons. The van der Waals surface area contributed by atoms with Crippen molar-refractivity contribution in [2.75, 3.05) is 14.2 Å². The summed E-state index contributed by atoms with van der Waals surface area (Å²) in [4.78, 5) is 9.54. The highest BCUT2D eigenvalue weighted by atomic mass is 16.5. The van der Waals surface area contributed by atoms with Crippen molar-refractivity contribution in [2.45, 2.75) is 33.1 Å². The van der Waals surface area contributed by atoms with Crippen LogP contribution in [0, 0.1) is 13.8 Å². The number of hydrogen-bond donors (Lipinski definition) is 0. The topological polar surface area (TPSA) is 43.2 Å². The second kappa shape index (κ2) is 15.6. The smallest absolute Gasteiger partial charge is 0.130 e. The first-order valence-electron chi connectivity index (χ1n) is 17.1. The molecule has 0 spiro atoms. The Morgan fingerprint density at radius 1 is 0.490 bits per heavy atom. The van der Waals surface area contributed by atoms with E-state index in [0.717, 1.165) is 78.5 Å². The zero-order valence-electron chi connectivity index (χ0n) is 30.1. The molecule has 0 heterocycles. The molecule has 0 atom stereocenters. The second-order valence-electron chi connectivity index (χ2n) is 13.0. The SMILES string of the molecule is COc1c(C)cc(C(C)(C)c2cc(C)c(OC)c(C(=C=Nc3ccccc3)c3ccccc3)c2)cc1C(=C=Nc1ccccc1)c1ccccc1. The maximum Gasteiger partial charge on any atom is 0.130 e. The zero-order chi connectivity index (χ0) is 35.8. The van der Waals surface area contributed by atoms with Crippen molar-refractivity contribution < 1.29 is 9.47 Å². The molecule has 0 aliphatic carbocycles. The van der Waals surface area contributed by atoms with Gasteiger partial charge in [0.05, 0.1) is 36.7 Å². The average molecular weight is 667 g/mol. The Kier molecular flexibility index (Phi) is 10.6. The van der Waals surface area contributed by atoms with Gasteiger partial charge in [-0.25, -0.2) is 9.98 Å². The number of methoxy groups -OCH3 is 2. The second-order valence-corrected chi connectivity index (χ2v) is 13.0. The predicted octanol–water partition coefficient (Wildman–Crippen LogP) is 11.5. The molecule has 51 heavy (non-hydrogen) atoms. The van der Waals surface area contributed by atoms with E-state index in [2.05, 4.69) is 88.0 Å². The van der Waals surface area contributed by atoms with Gasteiger partial charge in [-0.05, 0) is 95.4 Å². The summed E-state index contributed by atoms with van der Waals surface area (Å²) in [6.45, 7) is 8.72. The number of aryl methyl sites for hydroxylation is 2. The molecular formula is C47H42N2O2. The van der Waals surface area contributed by atoms with Crippen LogP contribution in [0.2, 0.25) is 0 Å². The van der Waals surface area contributed by atoms with Crippen molar-refractivity contribution in [1.29, 1.82) is 0 Å². The molecule has 0 saturated carbocycles. The lowest BCUT2D eigenvalue weighted by atomic mass is 9.75. The van der Waals surface area contributed by atoms with Gasteiger partial charge in [0.15, 0.2) is 0 Å². The molecule has 0 amide bonds. The average Bonchev–Trinajstić information content (AvgIpc) is 3.16. The number of benzene rings is 6. The van der Waals surface area contributed by atoms with Crippen LogP contribution < -0.4 is 9.47 Å². The number of aliphatic imine (C=N–C) groups is 2. The van der Waals surface area contributed by atoms with Crippen molar-refractivity contribution in [1.82, 2.24) is 0 Å². The van der Waals surface area contributed by atoms with Crippen LogP contribution in [0.15, 0.2) is 156 Å². The van der Waals surface area contributed by atoms with Crippen molar-refractivity contribution in [3.05, 3.63) is 190 Å². The normalized spacial score (nSPS) is 10.8. The Labute approximate surface area is 301 Å². The van der Waals surface area contributed by atoms with Crippen LogP contribution in [0.4, 0.5) is 11.4 Å². The molecule has 0 bridgehead atoms. The Morgan fingerprint density at radius 3 is 1.16 bits per heavy atom. The van der Waals surface area contributed by atoms with Crippen molar-refractivity contribution in [3.8, 4) is 11.5 Å². The number of hydrogen-bond acceptors (Lipinski definition) is 4. The molecule has 6 rings (SSSR count). The molecule has 4 nitrogen and oxygen atoms in total. The van der Waals surface area contributed by atoms with E-state index < -0.39 is 5.41 Å². The summed E-state index contributed by atoms with van der Waals surface area (Å²) in [5.41, 5.74) is 11.1. The summed E-state index contributed by atoms with van der Waals surface area (Å²) in [6, 6.07) is 49.2. The van der Waals surface area contributed by atoms with Gasteiger partial charge in [0.25, 0.3) is 0 Å². The summed E-state index contributed by atoms with van der Waals surface area (Å²) in [7, 11) is 3.45. The van der Waals surface area contributed by atoms with E-state index in [1.165, 1.54) is 0 Å². The fourth-order valence-electron chi connectivity index (χ4n) is 6.37. The Morgan fingerprint density at radius 2 is 0.824 bits per heavy atom. The third kappa shape index (κ3) is 7.69. The van der Waals surface area contributed by atoms with Gasteiger partial charge in [0.2, 0.25) is 0 Å². The first kappa shape index (κ1) is 34.7. The highest BCUT2D eigenvalue weighted by Crippen LogP contribution is 2.43. The zero-order valence-corrected chi connectivity index (χ0v) is 30.1. The molecular weight excluding hydrogens is 625 g/mol. The molecule has 0 fully saturated rings. The molecule has 0 saturated heterocycles. The van der Waals surface area contributed by atoms with Crippen LogP contribution in [0.3, 0.4) is 0 Å². The standard InChI is InChI=1S/C47H42N2O2/c1-33-27-37(29-41(45(33)50-5)43(35-19-11-7-12-20-35)31-48-39-23-15-9-16-24-39)47(3,4)38-28-34(2)46(51-6)42(30-38)44(36-21-13-8-14-22-36)32-49-40-25-17-10-18-26-40/h7-30H,1-6H3. The fourth-order valence-corrected chi connectivity index (χ4v) is 6.37. The van der Waals surface area contributed by atoms with Gasteiger partial charge >= 0.3 is 0 Å². The van der Waals surface area contributed by atoms with Crippen LogP contribution in [-0.4, -0.2) is 26.0 Å². The highest BCUT2D eigenvalue weighted by molar-refractivity contribution is 6.02. The fraction of sp³-hybridized carbons (Fsp3) is 0.149. The molecule has 0 N–H and O–H groups in total. The van der Waals surface area contributed by atoms with Crippen LogP contribution in [0.5, 0.6) is 11.5 Å². The Hall–Kier alpha value is -6.18. The maximum absolute atomic E-state index is 6.08. The minimum absolute atomic E-state index is 0.436. The Bertz CT molecular complexity index is 2100. The molecule has 6 aromatic carbocycles. The van der Waals surface area contributed by atoms with Crippen molar-refractivity contribution in [3.63, 3.8) is 0 Å². The molecule has 0 radical (unpaired) electrons. The number of nitrogens with zero attached hydrogens (tertiary/aromatic N) is 2. The van der Waals surface area contributed by atoms with E-state index in [0.29, 0.717) is 0 Å². The minimum Gasteiger partial charge on any atom is -0.496 e. The first-order valence-corrected chi connectivity index (χ1v) is 17.1. The van der Waals surface area contributed by atoms with E-state index in [-0.39, 0.29) is 0 Å². The number of ether oxygens (including phenoxy) is 2. The monoisotopic (exact) mass is 666 g/mol. The summed E-state index contributed by atoms with van der Waals surface area (Å²) in [5, 5.41) is 0. The largest absolute Gasteiger partial charge is 0.496 e. The number of rotatable bonds is 10. The lowest BCUT2D eigenvalue weighted by Gasteiger charge is -2.30. The van der Waals surface area contributed by atoms with Gasteiger partial charge in [-0.1, -0.05) is 123 Å². The predicted molar refractivity (Wildman–Crippen MR) is 213 cm³/mol. The summed E-state index contributed by atoms with van der Waals surface area (Å²) in [6.07, 6.45) is 0. The van der Waals surface area contributed by atoms with E-state index in [4.69, 9.17) is 19.5 Å². The van der Waals surface area contributed by atoms with Crippen LogP contribution in [0.25, 0.3) is 11.1 Å². The number of para-hydroxylation sites is 2. The first-order chi connectivity index (χ1) is 24.8. The van der Waals surface area contributed by atoms with Crippen molar-refractivity contribution in [2.24, 2.45) is 9.98 Å². The maximum atomic E-state index is 6.08. The third-order valence-corrected chi connectivity index (χ3v) is 9.17.